The van der Waals surface area contributed by atoms with Gasteiger partial charge in [0.25, 0.3) is 0 Å². The predicted molar refractivity (Wildman–Crippen MR) is 85.2 cm³/mol. The van der Waals surface area contributed by atoms with Crippen molar-refractivity contribution in [1.82, 2.24) is 15.0 Å². The second-order valence-corrected chi connectivity index (χ2v) is 4.04. The minimum atomic E-state index is -0.396. The maximum atomic E-state index is 12.1. The van der Waals surface area contributed by atoms with Crippen molar-refractivity contribution in [2.24, 2.45) is 0 Å². The van der Waals surface area contributed by atoms with Gasteiger partial charge in [0.2, 0.25) is 0 Å². The van der Waals surface area contributed by atoms with Gasteiger partial charge < -0.3 is 4.74 Å². The van der Waals surface area contributed by atoms with Gasteiger partial charge in [-0.2, -0.15) is 0 Å². The molecule has 7 heteroatoms. The Bertz CT molecular complexity index is 607. The molecule has 2 heterocycles. The lowest BCUT2D eigenvalue weighted by molar-refractivity contribution is 0.0525. The van der Waals surface area contributed by atoms with Crippen LogP contribution in [0.25, 0.3) is 11.3 Å². The van der Waals surface area contributed by atoms with Gasteiger partial charge >= 0.3 is 5.97 Å². The number of esters is 1. The van der Waals surface area contributed by atoms with Crippen LogP contribution in [0.2, 0.25) is 0 Å². The first-order chi connectivity index (χ1) is 9.13. The van der Waals surface area contributed by atoms with Crippen LogP contribution in [-0.4, -0.2) is 27.5 Å². The number of rotatable bonds is 3. The molecule has 0 aliphatic rings. The third-order valence-corrected chi connectivity index (χ3v) is 2.64. The van der Waals surface area contributed by atoms with Gasteiger partial charge in [-0.3, -0.25) is 4.98 Å². The lowest BCUT2D eigenvalue weighted by Crippen LogP contribution is -2.12. The van der Waals surface area contributed by atoms with Crippen molar-refractivity contribution < 1.29 is 9.53 Å². The molecule has 0 radical (unpaired) electrons. The summed E-state index contributed by atoms with van der Waals surface area (Å²) in [6.45, 7) is 5.68. The van der Waals surface area contributed by atoms with E-state index in [1.54, 1.807) is 33.2 Å². The molecule has 0 amide bonds. The zero-order valence-electron chi connectivity index (χ0n) is 12.0. The minimum absolute atomic E-state index is 0. The zero-order valence-corrected chi connectivity index (χ0v) is 13.6. The average molecular weight is 330 g/mol. The Morgan fingerprint density at radius 3 is 2.33 bits per heavy atom. The molecule has 0 saturated heterocycles. The Morgan fingerprint density at radius 1 is 1.14 bits per heavy atom. The van der Waals surface area contributed by atoms with E-state index in [4.69, 9.17) is 4.74 Å². The Kier molecular flexibility index (Phi) is 7.84. The zero-order chi connectivity index (χ0) is 13.8. The highest BCUT2D eigenvalue weighted by molar-refractivity contribution is 5.97. The summed E-state index contributed by atoms with van der Waals surface area (Å²) in [5.41, 5.74) is 2.45. The fourth-order valence-electron chi connectivity index (χ4n) is 1.88. The van der Waals surface area contributed by atoms with E-state index in [2.05, 4.69) is 15.0 Å². The summed E-state index contributed by atoms with van der Waals surface area (Å²) in [4.78, 5) is 24.6. The molecule has 0 aliphatic heterocycles. The van der Waals surface area contributed by atoms with E-state index >= 15 is 0 Å². The van der Waals surface area contributed by atoms with Crippen LogP contribution in [0.3, 0.4) is 0 Å². The second-order valence-electron chi connectivity index (χ2n) is 4.04. The maximum Gasteiger partial charge on any atom is 0.342 e. The fourth-order valence-corrected chi connectivity index (χ4v) is 1.88. The predicted octanol–water partition coefficient (Wildman–Crippen LogP) is 3.18. The van der Waals surface area contributed by atoms with Gasteiger partial charge in [-0.25, -0.2) is 14.8 Å². The molecule has 2 rings (SSSR count). The fraction of sp³-hybridized carbons (Fsp3) is 0.286. The molecule has 0 unspecified atom stereocenters. The molecule has 0 fully saturated rings. The summed E-state index contributed by atoms with van der Waals surface area (Å²) >= 11 is 0. The molecule has 2 aromatic heterocycles. The standard InChI is InChI=1S/C14H15N3O2.2ClH/c1-4-19-14(18)12-9(2)16-10(3)17-13(12)11-5-7-15-8-6-11;;/h5-8H,4H2,1-3H3;2*1H. The number of carbonyl (C=O) groups is 1. The van der Waals surface area contributed by atoms with Crippen LogP contribution in [0.4, 0.5) is 0 Å². The number of aryl methyl sites for hydroxylation is 2. The van der Waals surface area contributed by atoms with Gasteiger partial charge in [0.05, 0.1) is 18.0 Å². The Morgan fingerprint density at radius 2 is 1.76 bits per heavy atom. The van der Waals surface area contributed by atoms with Crippen molar-refractivity contribution in [2.45, 2.75) is 20.8 Å². The number of hydrogen-bond donors (Lipinski definition) is 0. The van der Waals surface area contributed by atoms with E-state index in [0.29, 0.717) is 29.4 Å². The van der Waals surface area contributed by atoms with Crippen LogP contribution < -0.4 is 0 Å². The number of hydrogen-bond acceptors (Lipinski definition) is 5. The van der Waals surface area contributed by atoms with Crippen LogP contribution in [-0.2, 0) is 4.74 Å². The normalized spacial score (nSPS) is 9.29. The van der Waals surface area contributed by atoms with Crippen molar-refractivity contribution in [3.05, 3.63) is 41.6 Å². The highest BCUT2D eigenvalue weighted by atomic mass is 35.5. The highest BCUT2D eigenvalue weighted by Crippen LogP contribution is 2.23. The molecule has 0 N–H and O–H groups in total. The van der Waals surface area contributed by atoms with E-state index in [9.17, 15) is 4.79 Å². The third-order valence-electron chi connectivity index (χ3n) is 2.64. The molecule has 21 heavy (non-hydrogen) atoms. The molecule has 0 saturated carbocycles. The number of aromatic nitrogens is 3. The van der Waals surface area contributed by atoms with E-state index in [-0.39, 0.29) is 24.8 Å². The topological polar surface area (TPSA) is 65.0 Å². The van der Waals surface area contributed by atoms with Gasteiger partial charge in [0, 0.05) is 18.0 Å². The first-order valence-corrected chi connectivity index (χ1v) is 6.06. The van der Waals surface area contributed by atoms with E-state index in [1.807, 2.05) is 12.1 Å². The summed E-state index contributed by atoms with van der Waals surface area (Å²) in [5.74, 6) is 0.226. The molecule has 5 nitrogen and oxygen atoms in total. The van der Waals surface area contributed by atoms with E-state index in [1.165, 1.54) is 0 Å². The number of halogens is 2. The van der Waals surface area contributed by atoms with Crippen LogP contribution in [0, 0.1) is 13.8 Å². The quantitative estimate of drug-likeness (QED) is 0.809. The molecular weight excluding hydrogens is 313 g/mol. The van der Waals surface area contributed by atoms with Crippen LogP contribution in [0.5, 0.6) is 0 Å². The lowest BCUT2D eigenvalue weighted by atomic mass is 10.1. The smallest absolute Gasteiger partial charge is 0.342 e. The van der Waals surface area contributed by atoms with Gasteiger partial charge in [0.1, 0.15) is 11.4 Å². The highest BCUT2D eigenvalue weighted by Gasteiger charge is 2.20. The van der Waals surface area contributed by atoms with Crippen molar-refractivity contribution in [3.8, 4) is 11.3 Å². The van der Waals surface area contributed by atoms with Crippen molar-refractivity contribution >= 4 is 30.8 Å². The Balaban J connectivity index is 0.00000200. The maximum absolute atomic E-state index is 12.1. The van der Waals surface area contributed by atoms with Crippen LogP contribution in [0.1, 0.15) is 28.8 Å². The molecule has 0 aromatic carbocycles. The summed E-state index contributed by atoms with van der Waals surface area (Å²) in [5, 5.41) is 0. The number of nitrogens with zero attached hydrogens (tertiary/aromatic N) is 3. The lowest BCUT2D eigenvalue weighted by Gasteiger charge is -2.11. The minimum Gasteiger partial charge on any atom is -0.462 e. The third kappa shape index (κ3) is 4.37. The Labute approximate surface area is 136 Å². The van der Waals surface area contributed by atoms with Gasteiger partial charge in [-0.05, 0) is 32.9 Å². The van der Waals surface area contributed by atoms with Gasteiger partial charge in [0.15, 0.2) is 0 Å². The first kappa shape index (κ1) is 19.3. The Hall–Kier alpha value is -1.72. The van der Waals surface area contributed by atoms with E-state index < -0.39 is 5.97 Å². The molecule has 0 bridgehead atoms. The van der Waals surface area contributed by atoms with E-state index in [0.717, 1.165) is 5.56 Å². The van der Waals surface area contributed by atoms with Crippen LogP contribution >= 0.6 is 24.8 Å². The molecule has 0 aliphatic carbocycles. The molecule has 2 aromatic rings. The monoisotopic (exact) mass is 329 g/mol. The summed E-state index contributed by atoms with van der Waals surface area (Å²) in [7, 11) is 0. The summed E-state index contributed by atoms with van der Waals surface area (Å²) < 4.78 is 5.08. The number of carbonyl (C=O) groups excluding carboxylic acids is 1. The first-order valence-electron chi connectivity index (χ1n) is 6.06. The molecule has 0 spiro atoms. The van der Waals surface area contributed by atoms with Crippen molar-refractivity contribution in [1.29, 1.82) is 0 Å². The largest absolute Gasteiger partial charge is 0.462 e. The average Bonchev–Trinajstić information content (AvgIpc) is 2.39. The molecule has 0 atom stereocenters. The van der Waals surface area contributed by atoms with Crippen molar-refractivity contribution in [2.75, 3.05) is 6.61 Å². The number of ether oxygens (including phenoxy) is 1. The van der Waals surface area contributed by atoms with Gasteiger partial charge in [-0.1, -0.05) is 0 Å². The van der Waals surface area contributed by atoms with Gasteiger partial charge in [-0.15, -0.1) is 24.8 Å². The number of pyridine rings is 1. The molecule has 114 valence electrons. The SMILES string of the molecule is CCOC(=O)c1c(C)nc(C)nc1-c1ccncc1.Cl.Cl. The molecular formula is C14H17Cl2N3O2. The van der Waals surface area contributed by atoms with Crippen molar-refractivity contribution in [3.63, 3.8) is 0 Å². The summed E-state index contributed by atoms with van der Waals surface area (Å²) in [6, 6.07) is 3.62. The van der Waals surface area contributed by atoms with Crippen LogP contribution in [0.15, 0.2) is 24.5 Å². The second kappa shape index (κ2) is 8.54. The summed E-state index contributed by atoms with van der Waals surface area (Å²) in [6.07, 6.45) is 3.33.